The minimum Gasteiger partial charge on any atom is -0.372 e. The van der Waals surface area contributed by atoms with E-state index in [1.54, 1.807) is 11.8 Å². The standard InChI is InChI=1S/C13H16N4S/c1-2-6-12-11(5-1)16-13(17-12)18-7-3-4-10-8-14-9-15-10/h1-2,5-6,9-10H,3-4,7-8H2,(H,14,15)(H,16,17). The highest BCUT2D eigenvalue weighted by Gasteiger charge is 2.09. The predicted molar refractivity (Wildman–Crippen MR) is 76.3 cm³/mol. The number of aliphatic imine (C=N–C) groups is 1. The van der Waals surface area contributed by atoms with Gasteiger partial charge in [0.1, 0.15) is 0 Å². The maximum Gasteiger partial charge on any atom is 0.166 e. The number of hydrogen-bond donors (Lipinski definition) is 2. The van der Waals surface area contributed by atoms with Crippen molar-refractivity contribution in [3.05, 3.63) is 24.3 Å². The third kappa shape index (κ3) is 2.67. The molecule has 1 aliphatic heterocycles. The molecule has 0 fully saturated rings. The maximum atomic E-state index is 4.55. The molecule has 1 unspecified atom stereocenters. The second-order valence-electron chi connectivity index (χ2n) is 4.41. The predicted octanol–water partition coefficient (Wildman–Crippen LogP) is 2.44. The number of fused-ring (bicyclic) bond motifs is 1. The Labute approximate surface area is 110 Å². The summed E-state index contributed by atoms with van der Waals surface area (Å²) in [6.45, 7) is 0.926. The van der Waals surface area contributed by atoms with Crippen molar-refractivity contribution >= 4 is 29.1 Å². The number of thioether (sulfide) groups is 1. The first kappa shape index (κ1) is 11.6. The highest BCUT2D eigenvalue weighted by Crippen LogP contribution is 2.20. The number of hydrogen-bond acceptors (Lipinski definition) is 4. The average Bonchev–Trinajstić information content (AvgIpc) is 3.03. The van der Waals surface area contributed by atoms with E-state index >= 15 is 0 Å². The van der Waals surface area contributed by atoms with E-state index in [1.807, 2.05) is 24.5 Å². The van der Waals surface area contributed by atoms with Gasteiger partial charge in [0.15, 0.2) is 5.16 Å². The van der Waals surface area contributed by atoms with Crippen LogP contribution in [0.2, 0.25) is 0 Å². The van der Waals surface area contributed by atoms with Gasteiger partial charge in [-0.3, -0.25) is 4.99 Å². The van der Waals surface area contributed by atoms with Gasteiger partial charge in [-0.15, -0.1) is 0 Å². The Hall–Kier alpha value is -1.49. The zero-order valence-electron chi connectivity index (χ0n) is 10.1. The quantitative estimate of drug-likeness (QED) is 0.641. The lowest BCUT2D eigenvalue weighted by atomic mass is 10.2. The van der Waals surface area contributed by atoms with E-state index in [2.05, 4.69) is 26.3 Å². The van der Waals surface area contributed by atoms with Crippen molar-refractivity contribution in [1.29, 1.82) is 0 Å². The van der Waals surface area contributed by atoms with Gasteiger partial charge in [0.2, 0.25) is 0 Å². The summed E-state index contributed by atoms with van der Waals surface area (Å²) < 4.78 is 0. The molecule has 0 amide bonds. The molecule has 2 N–H and O–H groups in total. The van der Waals surface area contributed by atoms with Gasteiger partial charge in [0.05, 0.1) is 23.9 Å². The van der Waals surface area contributed by atoms with Crippen LogP contribution in [0, 0.1) is 0 Å². The molecule has 1 atom stereocenters. The molecule has 1 aliphatic rings. The van der Waals surface area contributed by atoms with Crippen LogP contribution in [-0.2, 0) is 0 Å². The van der Waals surface area contributed by atoms with Gasteiger partial charge >= 0.3 is 0 Å². The molecule has 0 aliphatic carbocycles. The van der Waals surface area contributed by atoms with Gasteiger partial charge in [0.25, 0.3) is 0 Å². The first-order chi connectivity index (χ1) is 8.92. The Morgan fingerprint density at radius 3 is 3.11 bits per heavy atom. The van der Waals surface area contributed by atoms with Crippen LogP contribution < -0.4 is 5.32 Å². The molecule has 0 spiro atoms. The lowest BCUT2D eigenvalue weighted by molar-refractivity contribution is 0.596. The number of rotatable bonds is 5. The third-order valence-corrected chi connectivity index (χ3v) is 3.99. The molecular formula is C13H16N4S. The van der Waals surface area contributed by atoms with E-state index in [9.17, 15) is 0 Å². The smallest absolute Gasteiger partial charge is 0.166 e. The molecule has 0 saturated heterocycles. The molecule has 2 heterocycles. The number of aromatic nitrogens is 2. The lowest BCUT2D eigenvalue weighted by Crippen LogP contribution is -2.24. The van der Waals surface area contributed by atoms with E-state index in [-0.39, 0.29) is 0 Å². The van der Waals surface area contributed by atoms with Crippen LogP contribution in [0.3, 0.4) is 0 Å². The number of nitrogens with one attached hydrogen (secondary N) is 2. The van der Waals surface area contributed by atoms with E-state index in [0.717, 1.165) is 28.5 Å². The molecule has 0 radical (unpaired) electrons. The summed E-state index contributed by atoms with van der Waals surface area (Å²) >= 11 is 1.79. The normalized spacial score (nSPS) is 18.3. The van der Waals surface area contributed by atoms with Crippen molar-refractivity contribution in [2.75, 3.05) is 12.3 Å². The molecule has 94 valence electrons. The maximum absolute atomic E-state index is 4.55. The Balaban J connectivity index is 1.47. The van der Waals surface area contributed by atoms with E-state index < -0.39 is 0 Å². The van der Waals surface area contributed by atoms with Crippen LogP contribution in [0.15, 0.2) is 34.4 Å². The third-order valence-electron chi connectivity index (χ3n) is 3.03. The Morgan fingerprint density at radius 2 is 2.28 bits per heavy atom. The first-order valence-electron chi connectivity index (χ1n) is 6.24. The van der Waals surface area contributed by atoms with Crippen molar-refractivity contribution in [1.82, 2.24) is 15.3 Å². The van der Waals surface area contributed by atoms with Crippen LogP contribution in [0.4, 0.5) is 0 Å². The topological polar surface area (TPSA) is 53.1 Å². The molecule has 4 nitrogen and oxygen atoms in total. The SMILES string of the molecule is C1=NCC(CCCSc2nc3ccccc3[nH]2)N1. The Morgan fingerprint density at radius 1 is 1.33 bits per heavy atom. The Bertz CT molecular complexity index is 508. The number of aromatic amines is 1. The van der Waals surface area contributed by atoms with Crippen LogP contribution in [0.25, 0.3) is 11.0 Å². The van der Waals surface area contributed by atoms with Crippen LogP contribution in [-0.4, -0.2) is 34.6 Å². The summed E-state index contributed by atoms with van der Waals surface area (Å²) in [5.41, 5.74) is 2.16. The summed E-state index contributed by atoms with van der Waals surface area (Å²) in [5, 5.41) is 4.27. The molecule has 0 bridgehead atoms. The second kappa shape index (κ2) is 5.44. The number of benzene rings is 1. The summed E-state index contributed by atoms with van der Waals surface area (Å²) in [6.07, 6.45) is 4.17. The fourth-order valence-electron chi connectivity index (χ4n) is 2.06. The van der Waals surface area contributed by atoms with E-state index in [0.29, 0.717) is 6.04 Å². The second-order valence-corrected chi connectivity index (χ2v) is 5.49. The van der Waals surface area contributed by atoms with Crippen LogP contribution >= 0.6 is 11.8 Å². The minimum atomic E-state index is 0.543. The average molecular weight is 260 g/mol. The van der Waals surface area contributed by atoms with Crippen molar-refractivity contribution in [3.63, 3.8) is 0 Å². The molecular weight excluding hydrogens is 244 g/mol. The summed E-state index contributed by atoms with van der Waals surface area (Å²) in [7, 11) is 0. The fourth-order valence-corrected chi connectivity index (χ4v) is 2.91. The van der Waals surface area contributed by atoms with Crippen molar-refractivity contribution in [2.24, 2.45) is 4.99 Å². The minimum absolute atomic E-state index is 0.543. The highest BCUT2D eigenvalue weighted by molar-refractivity contribution is 7.99. The van der Waals surface area contributed by atoms with Gasteiger partial charge in [-0.2, -0.15) is 0 Å². The number of imidazole rings is 1. The first-order valence-corrected chi connectivity index (χ1v) is 7.22. The number of nitrogens with zero attached hydrogens (tertiary/aromatic N) is 2. The van der Waals surface area contributed by atoms with Gasteiger partial charge < -0.3 is 10.3 Å². The van der Waals surface area contributed by atoms with Gasteiger partial charge in [-0.25, -0.2) is 4.98 Å². The lowest BCUT2D eigenvalue weighted by Gasteiger charge is -2.07. The van der Waals surface area contributed by atoms with Crippen molar-refractivity contribution in [2.45, 2.75) is 24.0 Å². The molecule has 2 aromatic rings. The summed E-state index contributed by atoms with van der Waals surface area (Å²) in [6, 6.07) is 8.69. The molecule has 5 heteroatoms. The van der Waals surface area contributed by atoms with Crippen molar-refractivity contribution in [3.8, 4) is 0 Å². The van der Waals surface area contributed by atoms with E-state index in [1.165, 1.54) is 12.8 Å². The Kier molecular flexibility index (Phi) is 3.50. The van der Waals surface area contributed by atoms with Crippen molar-refractivity contribution < 1.29 is 0 Å². The van der Waals surface area contributed by atoms with Gasteiger partial charge in [-0.1, -0.05) is 23.9 Å². The molecule has 18 heavy (non-hydrogen) atoms. The van der Waals surface area contributed by atoms with Gasteiger partial charge in [-0.05, 0) is 25.0 Å². The zero-order valence-corrected chi connectivity index (χ0v) is 10.9. The zero-order chi connectivity index (χ0) is 12.2. The summed E-state index contributed by atoms with van der Waals surface area (Å²) in [5.74, 6) is 1.10. The molecule has 3 rings (SSSR count). The monoisotopic (exact) mass is 260 g/mol. The van der Waals surface area contributed by atoms with E-state index in [4.69, 9.17) is 0 Å². The van der Waals surface area contributed by atoms with Gasteiger partial charge in [0, 0.05) is 11.8 Å². The summed E-state index contributed by atoms with van der Waals surface area (Å²) in [4.78, 5) is 12.1. The fraction of sp³-hybridized carbons (Fsp3) is 0.385. The number of para-hydroxylation sites is 2. The molecule has 1 aromatic carbocycles. The van der Waals surface area contributed by atoms with Crippen LogP contribution in [0.1, 0.15) is 12.8 Å². The highest BCUT2D eigenvalue weighted by atomic mass is 32.2. The molecule has 1 aromatic heterocycles. The number of H-pyrrole nitrogens is 1. The van der Waals surface area contributed by atoms with Crippen LogP contribution in [0.5, 0.6) is 0 Å². The molecule has 0 saturated carbocycles. The largest absolute Gasteiger partial charge is 0.372 e.